The van der Waals surface area contributed by atoms with Crippen molar-refractivity contribution in [3.8, 4) is 0 Å². The van der Waals surface area contributed by atoms with Crippen LogP contribution in [0.3, 0.4) is 0 Å². The largest absolute Gasteiger partial charge is 0.478 e. The minimum Gasteiger partial charge on any atom is -0.478 e. The van der Waals surface area contributed by atoms with Gasteiger partial charge >= 0.3 is 5.97 Å². The Balaban J connectivity index is 1.88. The zero-order valence-electron chi connectivity index (χ0n) is 12.9. The monoisotopic (exact) mass is 364 g/mol. The molecule has 24 heavy (non-hydrogen) atoms. The summed E-state index contributed by atoms with van der Waals surface area (Å²) in [6, 6.07) is 6.25. The van der Waals surface area contributed by atoms with E-state index in [2.05, 4.69) is 10.6 Å². The number of allylic oxidation sites excluding steroid dienone is 1. The molecule has 2 rings (SSSR count). The van der Waals surface area contributed by atoms with E-state index in [1.807, 2.05) is 6.92 Å². The van der Waals surface area contributed by atoms with E-state index in [1.165, 1.54) is 17.8 Å². The van der Waals surface area contributed by atoms with Gasteiger partial charge in [0.05, 0.1) is 16.2 Å². The van der Waals surface area contributed by atoms with Gasteiger partial charge in [0, 0.05) is 6.42 Å². The number of carbonyl (C=O) groups is 3. The summed E-state index contributed by atoms with van der Waals surface area (Å²) in [5.41, 5.74) is 1.22. The maximum atomic E-state index is 12.0. The minimum absolute atomic E-state index is 0.0525. The van der Waals surface area contributed by atoms with Gasteiger partial charge in [0.1, 0.15) is 4.32 Å². The average molecular weight is 364 g/mol. The van der Waals surface area contributed by atoms with Gasteiger partial charge in [-0.2, -0.15) is 0 Å². The number of hydrogen-bond acceptors (Lipinski definition) is 5. The van der Waals surface area contributed by atoms with Crippen LogP contribution in [0.15, 0.2) is 34.7 Å². The lowest BCUT2D eigenvalue weighted by Crippen LogP contribution is -2.18. The van der Waals surface area contributed by atoms with E-state index in [4.69, 9.17) is 17.3 Å². The maximum Gasteiger partial charge on any atom is 0.337 e. The van der Waals surface area contributed by atoms with Crippen LogP contribution in [-0.4, -0.2) is 27.2 Å². The van der Waals surface area contributed by atoms with Gasteiger partial charge in [-0.15, -0.1) is 0 Å². The first-order chi connectivity index (χ1) is 11.4. The van der Waals surface area contributed by atoms with Gasteiger partial charge in [0.2, 0.25) is 5.91 Å². The molecule has 0 saturated carbocycles. The van der Waals surface area contributed by atoms with E-state index in [0.29, 0.717) is 22.1 Å². The number of thioether (sulfide) groups is 1. The van der Waals surface area contributed by atoms with Crippen LogP contribution >= 0.6 is 24.0 Å². The summed E-state index contributed by atoms with van der Waals surface area (Å²) in [7, 11) is 0. The smallest absolute Gasteiger partial charge is 0.337 e. The van der Waals surface area contributed by atoms with Crippen LogP contribution in [0.25, 0.3) is 0 Å². The van der Waals surface area contributed by atoms with E-state index < -0.39 is 5.97 Å². The second kappa shape index (κ2) is 8.07. The molecule has 1 heterocycles. The Kier molecular flexibility index (Phi) is 6.10. The van der Waals surface area contributed by atoms with Gasteiger partial charge in [0.15, 0.2) is 0 Å². The molecule has 0 unspecified atom stereocenters. The zero-order chi connectivity index (χ0) is 17.7. The molecule has 0 atom stereocenters. The topological polar surface area (TPSA) is 95.5 Å². The van der Waals surface area contributed by atoms with E-state index >= 15 is 0 Å². The summed E-state index contributed by atoms with van der Waals surface area (Å²) in [4.78, 5) is 35.3. The third kappa shape index (κ3) is 4.65. The van der Waals surface area contributed by atoms with Gasteiger partial charge < -0.3 is 15.7 Å². The predicted molar refractivity (Wildman–Crippen MR) is 96.9 cm³/mol. The molecule has 1 aromatic rings. The van der Waals surface area contributed by atoms with Crippen LogP contribution in [0.2, 0.25) is 0 Å². The van der Waals surface area contributed by atoms with Crippen molar-refractivity contribution in [1.29, 1.82) is 0 Å². The second-order valence-corrected chi connectivity index (χ2v) is 6.89. The van der Waals surface area contributed by atoms with Gasteiger partial charge in [-0.05, 0) is 31.9 Å². The molecule has 0 bridgehead atoms. The summed E-state index contributed by atoms with van der Waals surface area (Å²) in [6.07, 6.45) is 1.37. The zero-order valence-corrected chi connectivity index (χ0v) is 14.6. The number of amides is 2. The number of carboxylic acids is 1. The Morgan fingerprint density at radius 2 is 2.00 bits per heavy atom. The van der Waals surface area contributed by atoms with Crippen molar-refractivity contribution >= 4 is 51.8 Å². The average Bonchev–Trinajstić information content (AvgIpc) is 2.86. The van der Waals surface area contributed by atoms with Crippen molar-refractivity contribution in [3.63, 3.8) is 0 Å². The molecule has 1 aliphatic heterocycles. The van der Waals surface area contributed by atoms with Crippen molar-refractivity contribution in [3.05, 3.63) is 40.3 Å². The van der Waals surface area contributed by atoms with Crippen LogP contribution in [0.1, 0.15) is 36.5 Å². The molecule has 0 spiro atoms. The Morgan fingerprint density at radius 3 is 2.62 bits per heavy atom. The Morgan fingerprint density at radius 1 is 1.29 bits per heavy atom. The molecule has 0 radical (unpaired) electrons. The van der Waals surface area contributed by atoms with E-state index in [-0.39, 0.29) is 29.5 Å². The highest BCUT2D eigenvalue weighted by atomic mass is 32.2. The summed E-state index contributed by atoms with van der Waals surface area (Å²) in [5, 5.41) is 14.3. The van der Waals surface area contributed by atoms with Crippen LogP contribution in [0.4, 0.5) is 5.69 Å². The molecule has 126 valence electrons. The molecule has 0 aromatic heterocycles. The lowest BCUT2D eigenvalue weighted by Gasteiger charge is -2.08. The van der Waals surface area contributed by atoms with Crippen molar-refractivity contribution in [2.24, 2.45) is 0 Å². The first kappa shape index (κ1) is 18.2. The van der Waals surface area contributed by atoms with Crippen molar-refractivity contribution in [1.82, 2.24) is 5.32 Å². The molecule has 1 aromatic carbocycles. The normalized spacial score (nSPS) is 15.9. The molecule has 1 fully saturated rings. The molecular weight excluding hydrogens is 348 g/mol. The second-order valence-electron chi connectivity index (χ2n) is 5.21. The highest BCUT2D eigenvalue weighted by Crippen LogP contribution is 2.28. The molecule has 1 saturated heterocycles. The minimum atomic E-state index is -1.09. The number of rotatable bonds is 6. The standard InChI is InChI=1S/C16H16N2O4S2/c1-9(13-14(20)18-16(23)24-13)5-4-8-12(19)17-11-7-3-2-6-10(11)15(21)22/h2-3,6-7H,4-5,8H2,1H3,(H,17,19)(H,21,22)(H,18,20,23)/b13-9-. The lowest BCUT2D eigenvalue weighted by atomic mass is 10.1. The molecular formula is C16H16N2O4S2. The fraction of sp³-hybridized carbons (Fsp3) is 0.250. The molecule has 1 aliphatic rings. The molecule has 2 amide bonds. The van der Waals surface area contributed by atoms with Gasteiger partial charge in [0.25, 0.3) is 5.91 Å². The summed E-state index contributed by atoms with van der Waals surface area (Å²) in [5.74, 6) is -1.55. The molecule has 3 N–H and O–H groups in total. The van der Waals surface area contributed by atoms with Crippen molar-refractivity contribution < 1.29 is 19.5 Å². The summed E-state index contributed by atoms with van der Waals surface area (Å²) < 4.78 is 0.442. The van der Waals surface area contributed by atoms with Crippen LogP contribution < -0.4 is 10.6 Å². The number of carboxylic acid groups (broad SMARTS) is 1. The number of nitrogens with one attached hydrogen (secondary N) is 2. The van der Waals surface area contributed by atoms with Crippen molar-refractivity contribution in [2.75, 3.05) is 5.32 Å². The third-order valence-corrected chi connectivity index (χ3v) is 4.77. The quantitative estimate of drug-likeness (QED) is 0.531. The van der Waals surface area contributed by atoms with Gasteiger partial charge in [-0.25, -0.2) is 4.79 Å². The lowest BCUT2D eigenvalue weighted by molar-refractivity contribution is -0.116. The number of benzene rings is 1. The van der Waals surface area contributed by atoms with E-state index in [1.54, 1.807) is 18.2 Å². The number of carbonyl (C=O) groups excluding carboxylic acids is 2. The van der Waals surface area contributed by atoms with Crippen LogP contribution in [0.5, 0.6) is 0 Å². The molecule has 6 nitrogen and oxygen atoms in total. The van der Waals surface area contributed by atoms with Gasteiger partial charge in [-0.1, -0.05) is 41.7 Å². The number of anilines is 1. The van der Waals surface area contributed by atoms with E-state index in [9.17, 15) is 14.4 Å². The van der Waals surface area contributed by atoms with Crippen LogP contribution in [-0.2, 0) is 9.59 Å². The Hall–Kier alpha value is -2.19. The summed E-state index contributed by atoms with van der Waals surface area (Å²) >= 11 is 6.17. The maximum absolute atomic E-state index is 12.0. The number of para-hydroxylation sites is 1. The molecule has 0 aliphatic carbocycles. The Labute approximate surface area is 148 Å². The third-order valence-electron chi connectivity index (χ3n) is 3.39. The summed E-state index contributed by atoms with van der Waals surface area (Å²) in [6.45, 7) is 1.84. The highest BCUT2D eigenvalue weighted by molar-refractivity contribution is 8.26. The Bertz CT molecular complexity index is 743. The molecule has 8 heteroatoms. The first-order valence-corrected chi connectivity index (χ1v) is 8.46. The highest BCUT2D eigenvalue weighted by Gasteiger charge is 2.24. The van der Waals surface area contributed by atoms with Gasteiger partial charge in [-0.3, -0.25) is 9.59 Å². The number of aromatic carboxylic acids is 1. The SMILES string of the molecule is C/C(CCCC(=O)Nc1ccccc1C(=O)O)=C1/SC(=S)NC1=O. The first-order valence-electron chi connectivity index (χ1n) is 7.23. The number of hydrogen-bond donors (Lipinski definition) is 3. The van der Waals surface area contributed by atoms with Crippen LogP contribution in [0, 0.1) is 0 Å². The predicted octanol–water partition coefficient (Wildman–Crippen LogP) is 2.92. The fourth-order valence-electron chi connectivity index (χ4n) is 2.21. The fourth-order valence-corrected chi connectivity index (χ4v) is 3.31. The van der Waals surface area contributed by atoms with E-state index in [0.717, 1.165) is 5.57 Å². The van der Waals surface area contributed by atoms with Crippen molar-refractivity contribution in [2.45, 2.75) is 26.2 Å². The number of thiocarbonyl (C=S) groups is 1.